The number of ether oxygens (including phenoxy) is 2. The molecule has 0 unspecified atom stereocenters. The van der Waals surface area contributed by atoms with Gasteiger partial charge in [-0.2, -0.15) is 0 Å². The van der Waals surface area contributed by atoms with Gasteiger partial charge in [0.05, 0.1) is 31.4 Å². The number of benzene rings is 2. The normalized spacial score (nSPS) is 17.3. The number of ketones is 1. The summed E-state index contributed by atoms with van der Waals surface area (Å²) >= 11 is 0. The molecule has 168 valence electrons. The Bertz CT molecular complexity index is 1240. The lowest BCUT2D eigenvalue weighted by molar-refractivity contribution is -0.140. The summed E-state index contributed by atoms with van der Waals surface area (Å²) in [7, 11) is 2.89. The number of halogens is 1. The van der Waals surface area contributed by atoms with E-state index in [0.29, 0.717) is 11.3 Å². The highest BCUT2D eigenvalue weighted by molar-refractivity contribution is 6.46. The van der Waals surface area contributed by atoms with E-state index in [1.54, 1.807) is 42.7 Å². The fourth-order valence-electron chi connectivity index (χ4n) is 3.89. The zero-order chi connectivity index (χ0) is 23.5. The molecule has 8 heteroatoms. The van der Waals surface area contributed by atoms with Crippen LogP contribution in [-0.4, -0.2) is 40.9 Å². The Morgan fingerprint density at radius 2 is 1.88 bits per heavy atom. The molecule has 0 spiro atoms. The summed E-state index contributed by atoms with van der Waals surface area (Å²) in [5, 5.41) is 11.2. The maximum absolute atomic E-state index is 14.9. The summed E-state index contributed by atoms with van der Waals surface area (Å²) in [6, 6.07) is 12.8. The van der Waals surface area contributed by atoms with Gasteiger partial charge < -0.3 is 19.5 Å². The second kappa shape index (κ2) is 9.12. The van der Waals surface area contributed by atoms with Gasteiger partial charge >= 0.3 is 0 Å². The molecule has 2 heterocycles. The topological polar surface area (TPSA) is 89.0 Å². The Hall–Kier alpha value is -4.20. The van der Waals surface area contributed by atoms with Gasteiger partial charge in [0.25, 0.3) is 11.7 Å². The van der Waals surface area contributed by atoms with Crippen LogP contribution >= 0.6 is 0 Å². The smallest absolute Gasteiger partial charge is 0.295 e. The second-order valence-corrected chi connectivity index (χ2v) is 7.38. The lowest BCUT2D eigenvalue weighted by Gasteiger charge is -2.25. The molecular formula is C25H21FN2O5. The number of amides is 1. The maximum Gasteiger partial charge on any atom is 0.295 e. The summed E-state index contributed by atoms with van der Waals surface area (Å²) in [5.41, 5.74) is 0.703. The first-order chi connectivity index (χ1) is 16.0. The highest BCUT2D eigenvalue weighted by Gasteiger charge is 2.47. The van der Waals surface area contributed by atoms with Gasteiger partial charge in [-0.05, 0) is 29.8 Å². The third-order valence-electron chi connectivity index (χ3n) is 5.48. The summed E-state index contributed by atoms with van der Waals surface area (Å²) < 4.78 is 25.4. The third kappa shape index (κ3) is 4.03. The van der Waals surface area contributed by atoms with Crippen LogP contribution in [0.2, 0.25) is 0 Å². The van der Waals surface area contributed by atoms with Gasteiger partial charge in [-0.25, -0.2) is 4.39 Å². The number of nitrogens with zero attached hydrogens (tertiary/aromatic N) is 2. The van der Waals surface area contributed by atoms with E-state index in [1.807, 2.05) is 0 Å². The molecule has 1 atom stereocenters. The molecular weight excluding hydrogens is 427 g/mol. The van der Waals surface area contributed by atoms with Gasteiger partial charge in [-0.1, -0.05) is 24.3 Å². The number of rotatable bonds is 6. The number of Topliss-reactive ketones (excluding diaryl/α,β-unsaturated/α-hetero) is 1. The summed E-state index contributed by atoms with van der Waals surface area (Å²) in [4.78, 5) is 31.4. The number of pyridine rings is 1. The van der Waals surface area contributed by atoms with E-state index in [4.69, 9.17) is 9.47 Å². The molecule has 0 radical (unpaired) electrons. The first kappa shape index (κ1) is 22.0. The SMILES string of the molecule is COc1ccc(C(O)=C2C(=O)C(=O)N(Cc3cccnc3)[C@@H]2c2ccccc2F)c(OC)c1. The average molecular weight is 448 g/mol. The Morgan fingerprint density at radius 3 is 2.55 bits per heavy atom. The lowest BCUT2D eigenvalue weighted by atomic mass is 9.94. The van der Waals surface area contributed by atoms with Crippen molar-refractivity contribution in [3.63, 3.8) is 0 Å². The van der Waals surface area contributed by atoms with E-state index in [1.165, 1.54) is 43.4 Å². The van der Waals surface area contributed by atoms with Crippen molar-refractivity contribution in [1.82, 2.24) is 9.88 Å². The second-order valence-electron chi connectivity index (χ2n) is 7.38. The highest BCUT2D eigenvalue weighted by atomic mass is 19.1. The number of aromatic nitrogens is 1. The summed E-state index contributed by atoms with van der Waals surface area (Å²) in [5.74, 6) is -2.12. The zero-order valence-electron chi connectivity index (χ0n) is 18.0. The minimum Gasteiger partial charge on any atom is -0.507 e. The largest absolute Gasteiger partial charge is 0.507 e. The van der Waals surface area contributed by atoms with E-state index in [-0.39, 0.29) is 29.0 Å². The fourth-order valence-corrected chi connectivity index (χ4v) is 3.89. The van der Waals surface area contributed by atoms with Crippen molar-refractivity contribution in [2.45, 2.75) is 12.6 Å². The fraction of sp³-hybridized carbons (Fsp3) is 0.160. The standard InChI is InChI=1S/C25H21FN2O5/c1-32-16-9-10-18(20(12-16)33-2)23(29)21-22(17-7-3-4-8-19(17)26)28(25(31)24(21)30)14-15-6-5-11-27-13-15/h3-13,22,29H,14H2,1-2H3/t22-/m1/s1. The van der Waals surface area contributed by atoms with Crippen LogP contribution in [0.4, 0.5) is 4.39 Å². The Kier molecular flexibility index (Phi) is 6.08. The molecule has 1 N–H and O–H groups in total. The first-order valence-electron chi connectivity index (χ1n) is 10.1. The Morgan fingerprint density at radius 1 is 1.09 bits per heavy atom. The van der Waals surface area contributed by atoms with E-state index >= 15 is 0 Å². The number of hydrogen-bond acceptors (Lipinski definition) is 6. The van der Waals surface area contributed by atoms with Gasteiger partial charge in [0.2, 0.25) is 0 Å². The van der Waals surface area contributed by atoms with Gasteiger partial charge in [-0.3, -0.25) is 14.6 Å². The molecule has 7 nitrogen and oxygen atoms in total. The van der Waals surface area contributed by atoms with Crippen molar-refractivity contribution in [2.24, 2.45) is 0 Å². The molecule has 1 saturated heterocycles. The number of aliphatic hydroxyl groups excluding tert-OH is 1. The van der Waals surface area contributed by atoms with Gasteiger partial charge in [-0.15, -0.1) is 0 Å². The molecule has 0 bridgehead atoms. The number of methoxy groups -OCH3 is 2. The van der Waals surface area contributed by atoms with Crippen LogP contribution in [0.25, 0.3) is 5.76 Å². The van der Waals surface area contributed by atoms with Crippen molar-refractivity contribution in [2.75, 3.05) is 14.2 Å². The predicted molar refractivity (Wildman–Crippen MR) is 118 cm³/mol. The molecule has 1 aliphatic heterocycles. The molecule has 1 aromatic heterocycles. The minimum atomic E-state index is -1.14. The van der Waals surface area contributed by atoms with E-state index < -0.39 is 29.3 Å². The molecule has 0 aliphatic carbocycles. The third-order valence-corrected chi connectivity index (χ3v) is 5.48. The quantitative estimate of drug-likeness (QED) is 0.350. The monoisotopic (exact) mass is 448 g/mol. The molecule has 33 heavy (non-hydrogen) atoms. The van der Waals surface area contributed by atoms with Crippen molar-refractivity contribution >= 4 is 17.4 Å². The van der Waals surface area contributed by atoms with E-state index in [9.17, 15) is 19.1 Å². The van der Waals surface area contributed by atoms with Gasteiger partial charge in [0.1, 0.15) is 23.1 Å². The minimum absolute atomic E-state index is 0.00788. The van der Waals surface area contributed by atoms with Crippen LogP contribution in [0, 0.1) is 5.82 Å². The van der Waals surface area contributed by atoms with Crippen molar-refractivity contribution in [3.05, 3.63) is 95.1 Å². The van der Waals surface area contributed by atoms with Gasteiger partial charge in [0, 0.05) is 30.6 Å². The van der Waals surface area contributed by atoms with Crippen LogP contribution in [0.5, 0.6) is 11.5 Å². The number of likely N-dealkylation sites (tertiary alicyclic amines) is 1. The van der Waals surface area contributed by atoms with Crippen LogP contribution < -0.4 is 9.47 Å². The molecule has 2 aromatic carbocycles. The summed E-state index contributed by atoms with van der Waals surface area (Å²) in [6.45, 7) is 0.00788. The average Bonchev–Trinajstić information content (AvgIpc) is 3.09. The molecule has 4 rings (SSSR count). The molecule has 1 amide bonds. The van der Waals surface area contributed by atoms with Gasteiger partial charge in [0.15, 0.2) is 0 Å². The zero-order valence-corrected chi connectivity index (χ0v) is 18.0. The Labute approximate surface area is 189 Å². The lowest BCUT2D eigenvalue weighted by Crippen LogP contribution is -2.29. The van der Waals surface area contributed by atoms with Crippen molar-refractivity contribution in [3.8, 4) is 11.5 Å². The number of carbonyl (C=O) groups is 2. The molecule has 1 aliphatic rings. The van der Waals surface area contributed by atoms with Crippen molar-refractivity contribution < 1.29 is 28.6 Å². The highest BCUT2D eigenvalue weighted by Crippen LogP contribution is 2.42. The van der Waals surface area contributed by atoms with Crippen LogP contribution in [0.3, 0.4) is 0 Å². The van der Waals surface area contributed by atoms with Crippen LogP contribution in [0.1, 0.15) is 22.7 Å². The van der Waals surface area contributed by atoms with Crippen LogP contribution in [-0.2, 0) is 16.1 Å². The first-order valence-corrected chi connectivity index (χ1v) is 10.1. The number of aliphatic hydroxyl groups is 1. The van der Waals surface area contributed by atoms with E-state index in [2.05, 4.69) is 4.98 Å². The van der Waals surface area contributed by atoms with Crippen LogP contribution in [0.15, 0.2) is 72.6 Å². The molecule has 3 aromatic rings. The Balaban J connectivity index is 1.91. The summed E-state index contributed by atoms with van der Waals surface area (Å²) in [6.07, 6.45) is 3.14. The maximum atomic E-state index is 14.9. The van der Waals surface area contributed by atoms with Crippen molar-refractivity contribution in [1.29, 1.82) is 0 Å². The molecule has 0 saturated carbocycles. The number of carbonyl (C=O) groups excluding carboxylic acids is 2. The van der Waals surface area contributed by atoms with E-state index in [0.717, 1.165) is 0 Å². The predicted octanol–water partition coefficient (Wildman–Crippen LogP) is 3.86. The number of hydrogen-bond donors (Lipinski definition) is 1. The molecule has 1 fully saturated rings.